The van der Waals surface area contributed by atoms with Gasteiger partial charge in [-0.25, -0.2) is 4.98 Å². The summed E-state index contributed by atoms with van der Waals surface area (Å²) in [6, 6.07) is 12.5. The number of nitrogens with zero attached hydrogens (tertiary/aromatic N) is 2. The summed E-state index contributed by atoms with van der Waals surface area (Å²) in [4.78, 5) is 34.0. The lowest BCUT2D eigenvalue weighted by Gasteiger charge is -2.21. The van der Waals surface area contributed by atoms with Gasteiger partial charge in [0, 0.05) is 18.2 Å². The highest BCUT2D eigenvalue weighted by Gasteiger charge is 2.17. The average Bonchev–Trinajstić information content (AvgIpc) is 2.72. The molecule has 2 aromatic carbocycles. The molecule has 0 unspecified atom stereocenters. The maximum absolute atomic E-state index is 12.8. The van der Waals surface area contributed by atoms with Gasteiger partial charge in [0.1, 0.15) is 17.3 Å². The van der Waals surface area contributed by atoms with Crippen LogP contribution in [0.4, 0.5) is 0 Å². The van der Waals surface area contributed by atoms with Crippen molar-refractivity contribution in [2.45, 2.75) is 19.9 Å². The predicted octanol–water partition coefficient (Wildman–Crippen LogP) is 2.53. The highest BCUT2D eigenvalue weighted by molar-refractivity contribution is 5.80. The third kappa shape index (κ3) is 4.14. The van der Waals surface area contributed by atoms with Crippen LogP contribution in [0, 0.1) is 0 Å². The number of ether oxygens (including phenoxy) is 2. The molecule has 0 saturated carbocycles. The standard InChI is InChI=1S/C21H23N3O4/c1-4-24(13-19-22-17-8-6-5-7-16(17)21(26)23-19)20(25)11-14-9-10-15(27-2)12-18(14)28-3/h5-10,12H,4,11,13H2,1-3H3,(H,22,23,26). The number of amides is 1. The van der Waals surface area contributed by atoms with Crippen molar-refractivity contribution in [2.24, 2.45) is 0 Å². The van der Waals surface area contributed by atoms with E-state index in [9.17, 15) is 9.59 Å². The Morgan fingerprint density at radius 2 is 1.93 bits per heavy atom. The minimum Gasteiger partial charge on any atom is -0.497 e. The number of nitrogens with one attached hydrogen (secondary N) is 1. The van der Waals surface area contributed by atoms with Gasteiger partial charge in [-0.05, 0) is 25.1 Å². The average molecular weight is 381 g/mol. The maximum atomic E-state index is 12.8. The zero-order valence-corrected chi connectivity index (χ0v) is 16.2. The van der Waals surface area contributed by atoms with Gasteiger partial charge in [-0.3, -0.25) is 9.59 Å². The van der Waals surface area contributed by atoms with E-state index >= 15 is 0 Å². The van der Waals surface area contributed by atoms with Crippen LogP contribution in [0.3, 0.4) is 0 Å². The molecule has 28 heavy (non-hydrogen) atoms. The van der Waals surface area contributed by atoms with Crippen molar-refractivity contribution in [3.05, 3.63) is 64.2 Å². The molecule has 0 radical (unpaired) electrons. The van der Waals surface area contributed by atoms with E-state index in [-0.39, 0.29) is 24.4 Å². The molecular formula is C21H23N3O4. The Morgan fingerprint density at radius 3 is 2.64 bits per heavy atom. The van der Waals surface area contributed by atoms with Crippen LogP contribution < -0.4 is 15.0 Å². The molecule has 0 spiro atoms. The number of carbonyl (C=O) groups excluding carboxylic acids is 1. The first kappa shape index (κ1) is 19.4. The number of carbonyl (C=O) groups is 1. The van der Waals surface area contributed by atoms with Gasteiger partial charge in [0.05, 0.1) is 38.1 Å². The normalized spacial score (nSPS) is 10.7. The minimum absolute atomic E-state index is 0.0817. The third-order valence-corrected chi connectivity index (χ3v) is 4.57. The van der Waals surface area contributed by atoms with Gasteiger partial charge < -0.3 is 19.4 Å². The largest absolute Gasteiger partial charge is 0.497 e. The maximum Gasteiger partial charge on any atom is 0.258 e. The lowest BCUT2D eigenvalue weighted by Crippen LogP contribution is -2.33. The van der Waals surface area contributed by atoms with Crippen molar-refractivity contribution in [3.63, 3.8) is 0 Å². The minimum atomic E-state index is -0.207. The van der Waals surface area contributed by atoms with Crippen LogP contribution in [-0.4, -0.2) is 41.5 Å². The number of hydrogen-bond acceptors (Lipinski definition) is 5. The summed E-state index contributed by atoms with van der Waals surface area (Å²) in [6.45, 7) is 2.62. The fourth-order valence-corrected chi connectivity index (χ4v) is 3.04. The lowest BCUT2D eigenvalue weighted by molar-refractivity contribution is -0.131. The fourth-order valence-electron chi connectivity index (χ4n) is 3.04. The summed E-state index contributed by atoms with van der Waals surface area (Å²) in [6.07, 6.45) is 0.179. The van der Waals surface area contributed by atoms with E-state index in [1.807, 2.05) is 19.1 Å². The topological polar surface area (TPSA) is 84.5 Å². The molecule has 7 nitrogen and oxygen atoms in total. The van der Waals surface area contributed by atoms with Crippen molar-refractivity contribution in [1.82, 2.24) is 14.9 Å². The van der Waals surface area contributed by atoms with Gasteiger partial charge in [-0.15, -0.1) is 0 Å². The molecule has 146 valence electrons. The first-order valence-corrected chi connectivity index (χ1v) is 9.02. The SMILES string of the molecule is CCN(Cc1nc2ccccc2c(=O)[nH]1)C(=O)Cc1ccc(OC)cc1OC. The number of para-hydroxylation sites is 1. The predicted molar refractivity (Wildman–Crippen MR) is 107 cm³/mol. The Balaban J connectivity index is 1.80. The van der Waals surface area contributed by atoms with Crippen LogP contribution in [0.2, 0.25) is 0 Å². The molecule has 1 aromatic heterocycles. The van der Waals surface area contributed by atoms with Crippen LogP contribution >= 0.6 is 0 Å². The molecule has 7 heteroatoms. The number of likely N-dealkylation sites (N-methyl/N-ethyl adjacent to an activating group) is 1. The summed E-state index contributed by atoms with van der Waals surface area (Å²) in [5, 5.41) is 0.531. The summed E-state index contributed by atoms with van der Waals surface area (Å²) >= 11 is 0. The van der Waals surface area contributed by atoms with Crippen LogP contribution in [0.15, 0.2) is 47.3 Å². The van der Waals surface area contributed by atoms with Crippen molar-refractivity contribution >= 4 is 16.8 Å². The van der Waals surface area contributed by atoms with Crippen molar-refractivity contribution in [3.8, 4) is 11.5 Å². The second kappa shape index (κ2) is 8.56. The smallest absolute Gasteiger partial charge is 0.258 e. The second-order valence-corrected chi connectivity index (χ2v) is 6.29. The number of aromatic nitrogens is 2. The third-order valence-electron chi connectivity index (χ3n) is 4.57. The Bertz CT molecular complexity index is 1050. The number of aromatic amines is 1. The zero-order chi connectivity index (χ0) is 20.1. The highest BCUT2D eigenvalue weighted by Crippen LogP contribution is 2.25. The van der Waals surface area contributed by atoms with Crippen LogP contribution in [0.1, 0.15) is 18.3 Å². The van der Waals surface area contributed by atoms with E-state index in [1.54, 1.807) is 49.5 Å². The molecule has 3 rings (SSSR count). The molecule has 0 aliphatic heterocycles. The number of H-pyrrole nitrogens is 1. The molecule has 3 aromatic rings. The van der Waals surface area contributed by atoms with Gasteiger partial charge in [-0.1, -0.05) is 18.2 Å². The number of methoxy groups -OCH3 is 2. The molecule has 1 amide bonds. The first-order chi connectivity index (χ1) is 13.5. The number of fused-ring (bicyclic) bond motifs is 1. The number of rotatable bonds is 7. The van der Waals surface area contributed by atoms with Gasteiger partial charge in [0.25, 0.3) is 5.56 Å². The quantitative estimate of drug-likeness (QED) is 0.680. The van der Waals surface area contributed by atoms with E-state index < -0.39 is 0 Å². The summed E-state index contributed by atoms with van der Waals surface area (Å²) in [5.74, 6) is 1.64. The number of benzene rings is 2. The first-order valence-electron chi connectivity index (χ1n) is 9.02. The van der Waals surface area contributed by atoms with Crippen LogP contribution in [0.25, 0.3) is 10.9 Å². The Hall–Kier alpha value is -3.35. The van der Waals surface area contributed by atoms with Crippen molar-refractivity contribution < 1.29 is 14.3 Å². The second-order valence-electron chi connectivity index (χ2n) is 6.29. The Morgan fingerprint density at radius 1 is 1.14 bits per heavy atom. The van der Waals surface area contributed by atoms with E-state index in [4.69, 9.17) is 9.47 Å². The fraction of sp³-hybridized carbons (Fsp3) is 0.286. The van der Waals surface area contributed by atoms with Crippen LogP contribution in [0.5, 0.6) is 11.5 Å². The monoisotopic (exact) mass is 381 g/mol. The van der Waals surface area contributed by atoms with E-state index in [0.29, 0.717) is 34.8 Å². The van der Waals surface area contributed by atoms with Gasteiger partial charge in [0.2, 0.25) is 5.91 Å². The summed E-state index contributed by atoms with van der Waals surface area (Å²) in [5.41, 5.74) is 1.18. The summed E-state index contributed by atoms with van der Waals surface area (Å²) in [7, 11) is 3.14. The number of hydrogen-bond donors (Lipinski definition) is 1. The Labute approximate surface area is 162 Å². The molecular weight excluding hydrogens is 358 g/mol. The van der Waals surface area contributed by atoms with E-state index in [2.05, 4.69) is 9.97 Å². The Kier molecular flexibility index (Phi) is 5.93. The molecule has 0 atom stereocenters. The molecule has 1 heterocycles. The molecule has 0 aliphatic carbocycles. The lowest BCUT2D eigenvalue weighted by atomic mass is 10.1. The molecule has 0 aliphatic rings. The molecule has 1 N–H and O–H groups in total. The van der Waals surface area contributed by atoms with E-state index in [1.165, 1.54) is 0 Å². The van der Waals surface area contributed by atoms with Crippen LogP contribution in [-0.2, 0) is 17.8 Å². The molecule has 0 saturated heterocycles. The summed E-state index contributed by atoms with van der Waals surface area (Å²) < 4.78 is 10.6. The highest BCUT2D eigenvalue weighted by atomic mass is 16.5. The van der Waals surface area contributed by atoms with E-state index in [0.717, 1.165) is 5.56 Å². The van der Waals surface area contributed by atoms with Gasteiger partial charge in [0.15, 0.2) is 0 Å². The van der Waals surface area contributed by atoms with Gasteiger partial charge >= 0.3 is 0 Å². The molecule has 0 fully saturated rings. The van der Waals surface area contributed by atoms with Crippen molar-refractivity contribution in [1.29, 1.82) is 0 Å². The zero-order valence-electron chi connectivity index (χ0n) is 16.2. The van der Waals surface area contributed by atoms with Gasteiger partial charge in [-0.2, -0.15) is 0 Å². The van der Waals surface area contributed by atoms with Crippen molar-refractivity contribution in [2.75, 3.05) is 20.8 Å². The molecule has 0 bridgehead atoms.